The van der Waals surface area contributed by atoms with Gasteiger partial charge in [-0.2, -0.15) is 0 Å². The molecule has 1 heterocycles. The second-order valence-corrected chi connectivity index (χ2v) is 2.37. The zero-order valence-corrected chi connectivity index (χ0v) is 7.01. The Morgan fingerprint density at radius 2 is 2.60 bits per heavy atom. The molecule has 0 aromatic carbocycles. The fourth-order valence-electron chi connectivity index (χ4n) is 0.560. The quantitative estimate of drug-likeness (QED) is 0.542. The number of aryl methyl sites for hydroxylation is 1. The third-order valence-corrected chi connectivity index (χ3v) is 1.54. The van der Waals surface area contributed by atoms with Crippen molar-refractivity contribution >= 4 is 21.7 Å². The second-order valence-electron chi connectivity index (χ2n) is 1.81. The summed E-state index contributed by atoms with van der Waals surface area (Å²) in [5, 5.41) is 0.291. The Hall–Kier alpha value is -0.640. The van der Waals surface area contributed by atoms with Gasteiger partial charge in [-0.3, -0.25) is 4.79 Å². The van der Waals surface area contributed by atoms with E-state index < -0.39 is 0 Å². The molecule has 0 radical (unpaired) electrons. The van der Waals surface area contributed by atoms with Gasteiger partial charge in [0.1, 0.15) is 12.0 Å². The number of rotatable bonds is 2. The summed E-state index contributed by atoms with van der Waals surface area (Å²) < 4.78 is 4.83. The zero-order valence-electron chi connectivity index (χ0n) is 5.43. The van der Waals surface area contributed by atoms with Crippen molar-refractivity contribution in [1.82, 2.24) is 4.98 Å². The molecule has 3 nitrogen and oxygen atoms in total. The van der Waals surface area contributed by atoms with E-state index >= 15 is 0 Å². The summed E-state index contributed by atoms with van der Waals surface area (Å²) in [6, 6.07) is 0. The molecular weight excluding hydrogens is 198 g/mol. The van der Waals surface area contributed by atoms with E-state index in [9.17, 15) is 4.79 Å². The fraction of sp³-hybridized carbons (Fsp3) is 0.333. The summed E-state index contributed by atoms with van der Waals surface area (Å²) in [5.41, 5.74) is 0.384. The molecule has 1 rings (SSSR count). The van der Waals surface area contributed by atoms with Crippen LogP contribution in [-0.4, -0.2) is 16.1 Å². The van der Waals surface area contributed by atoms with Crippen LogP contribution in [0.1, 0.15) is 16.4 Å². The van der Waals surface area contributed by atoms with Gasteiger partial charge < -0.3 is 4.42 Å². The minimum absolute atomic E-state index is 0.0585. The number of carbonyl (C=O) groups excluding carboxylic acids is 1. The van der Waals surface area contributed by atoms with E-state index in [1.165, 1.54) is 6.26 Å². The predicted octanol–water partition coefficient (Wildman–Crippen LogP) is 1.56. The number of aromatic nitrogens is 1. The summed E-state index contributed by atoms with van der Waals surface area (Å²) in [4.78, 5) is 14.7. The highest BCUT2D eigenvalue weighted by atomic mass is 79.9. The molecule has 0 fully saturated rings. The largest absolute Gasteiger partial charge is 0.449 e. The van der Waals surface area contributed by atoms with Gasteiger partial charge in [-0.05, 0) is 0 Å². The topological polar surface area (TPSA) is 43.1 Å². The van der Waals surface area contributed by atoms with Crippen molar-refractivity contribution < 1.29 is 9.21 Å². The van der Waals surface area contributed by atoms with Gasteiger partial charge in [0.25, 0.3) is 0 Å². The van der Waals surface area contributed by atoms with Gasteiger partial charge in [-0.25, -0.2) is 4.98 Å². The molecule has 0 saturated heterocycles. The molecule has 54 valence electrons. The number of carbonyl (C=O) groups is 1. The Morgan fingerprint density at radius 1 is 1.90 bits per heavy atom. The highest BCUT2D eigenvalue weighted by Crippen LogP contribution is 2.02. The summed E-state index contributed by atoms with van der Waals surface area (Å²) in [7, 11) is 0. The van der Waals surface area contributed by atoms with Crippen molar-refractivity contribution in [3.63, 3.8) is 0 Å². The molecule has 0 aliphatic rings. The number of hydrogen-bond donors (Lipinski definition) is 0. The van der Waals surface area contributed by atoms with Gasteiger partial charge in [0.15, 0.2) is 11.7 Å². The molecule has 1 aromatic rings. The SMILES string of the molecule is Cc1nc(C(=O)CBr)co1. The van der Waals surface area contributed by atoms with Crippen LogP contribution in [0.5, 0.6) is 0 Å². The Morgan fingerprint density at radius 3 is 3.00 bits per heavy atom. The van der Waals surface area contributed by atoms with Crippen molar-refractivity contribution in [2.24, 2.45) is 0 Å². The van der Waals surface area contributed by atoms with E-state index in [1.54, 1.807) is 6.92 Å². The normalized spacial score (nSPS) is 9.80. The molecule has 0 saturated carbocycles. The Kier molecular flexibility index (Phi) is 2.21. The van der Waals surface area contributed by atoms with Gasteiger partial charge in [-0.15, -0.1) is 0 Å². The summed E-state index contributed by atoms with van der Waals surface area (Å²) in [5.74, 6) is 0.459. The number of oxazole rings is 1. The molecule has 0 aliphatic heterocycles. The average Bonchev–Trinajstić information content (AvgIpc) is 2.34. The van der Waals surface area contributed by atoms with Crippen LogP contribution in [0, 0.1) is 6.92 Å². The first-order valence-electron chi connectivity index (χ1n) is 2.75. The van der Waals surface area contributed by atoms with Crippen LogP contribution < -0.4 is 0 Å². The van der Waals surface area contributed by atoms with Crippen molar-refractivity contribution in [2.75, 3.05) is 5.33 Å². The lowest BCUT2D eigenvalue weighted by Crippen LogP contribution is -1.99. The molecule has 0 N–H and O–H groups in total. The number of halogens is 1. The molecule has 1 aromatic heterocycles. The van der Waals surface area contributed by atoms with Gasteiger partial charge in [0.2, 0.25) is 0 Å². The summed E-state index contributed by atoms with van der Waals surface area (Å²) in [6.07, 6.45) is 1.36. The van der Waals surface area contributed by atoms with Crippen LogP contribution in [0.2, 0.25) is 0 Å². The standard InChI is InChI=1S/C6H6BrNO2/c1-4-8-5(3-10-4)6(9)2-7/h3H,2H2,1H3. The lowest BCUT2D eigenvalue weighted by atomic mass is 10.3. The minimum atomic E-state index is -0.0585. The highest BCUT2D eigenvalue weighted by Gasteiger charge is 2.07. The summed E-state index contributed by atoms with van der Waals surface area (Å²) in [6.45, 7) is 1.70. The number of Topliss-reactive ketones (excluding diaryl/α,β-unsaturated/α-hetero) is 1. The van der Waals surface area contributed by atoms with Crippen molar-refractivity contribution in [1.29, 1.82) is 0 Å². The maximum absolute atomic E-state index is 10.9. The number of alkyl halides is 1. The van der Waals surface area contributed by atoms with Gasteiger partial charge >= 0.3 is 0 Å². The third kappa shape index (κ3) is 1.44. The average molecular weight is 204 g/mol. The van der Waals surface area contributed by atoms with Crippen molar-refractivity contribution in [2.45, 2.75) is 6.92 Å². The molecule has 4 heteroatoms. The molecule has 0 atom stereocenters. The fourth-order valence-corrected chi connectivity index (χ4v) is 0.847. The van der Waals surface area contributed by atoms with Gasteiger partial charge in [-0.1, -0.05) is 15.9 Å². The van der Waals surface area contributed by atoms with Crippen LogP contribution in [0.15, 0.2) is 10.7 Å². The summed E-state index contributed by atoms with van der Waals surface area (Å²) >= 11 is 3.03. The van der Waals surface area contributed by atoms with Gasteiger partial charge in [0.05, 0.1) is 5.33 Å². The van der Waals surface area contributed by atoms with Crippen LogP contribution in [0.3, 0.4) is 0 Å². The van der Waals surface area contributed by atoms with E-state index in [-0.39, 0.29) is 5.78 Å². The van der Waals surface area contributed by atoms with E-state index in [0.717, 1.165) is 0 Å². The third-order valence-electron chi connectivity index (χ3n) is 1.03. The highest BCUT2D eigenvalue weighted by molar-refractivity contribution is 9.09. The lowest BCUT2D eigenvalue weighted by Gasteiger charge is -1.83. The molecule has 0 unspecified atom stereocenters. The first kappa shape index (κ1) is 7.47. The van der Waals surface area contributed by atoms with E-state index in [1.807, 2.05) is 0 Å². The van der Waals surface area contributed by atoms with E-state index in [0.29, 0.717) is 16.9 Å². The second kappa shape index (κ2) is 2.96. The molecule has 0 amide bonds. The molecule has 10 heavy (non-hydrogen) atoms. The van der Waals surface area contributed by atoms with Crippen LogP contribution in [0.4, 0.5) is 0 Å². The van der Waals surface area contributed by atoms with Gasteiger partial charge in [0, 0.05) is 6.92 Å². The van der Waals surface area contributed by atoms with Crippen LogP contribution >= 0.6 is 15.9 Å². The predicted molar refractivity (Wildman–Crippen MR) is 39.4 cm³/mol. The number of hydrogen-bond acceptors (Lipinski definition) is 3. The Labute approximate surface area is 66.6 Å². The van der Waals surface area contributed by atoms with Crippen LogP contribution in [0.25, 0.3) is 0 Å². The molecule has 0 spiro atoms. The van der Waals surface area contributed by atoms with E-state index in [2.05, 4.69) is 20.9 Å². The molecule has 0 bridgehead atoms. The number of ketones is 1. The maximum atomic E-state index is 10.9. The minimum Gasteiger partial charge on any atom is -0.449 e. The lowest BCUT2D eigenvalue weighted by molar-refractivity contribution is 0.101. The van der Waals surface area contributed by atoms with Crippen LogP contribution in [-0.2, 0) is 0 Å². The zero-order chi connectivity index (χ0) is 7.56. The first-order chi connectivity index (χ1) is 4.74. The van der Waals surface area contributed by atoms with Crippen molar-refractivity contribution in [3.8, 4) is 0 Å². The smallest absolute Gasteiger partial charge is 0.194 e. The Bertz CT molecular complexity index is 244. The number of nitrogens with zero attached hydrogens (tertiary/aromatic N) is 1. The Balaban J connectivity index is 2.85. The molecular formula is C6H6BrNO2. The van der Waals surface area contributed by atoms with E-state index in [4.69, 9.17) is 4.42 Å². The maximum Gasteiger partial charge on any atom is 0.194 e. The van der Waals surface area contributed by atoms with Crippen molar-refractivity contribution in [3.05, 3.63) is 17.8 Å². The monoisotopic (exact) mass is 203 g/mol. The molecule has 0 aliphatic carbocycles. The first-order valence-corrected chi connectivity index (χ1v) is 3.87.